The van der Waals surface area contributed by atoms with Gasteiger partial charge in [0.2, 0.25) is 0 Å². The molecule has 2 aliphatic rings. The first kappa shape index (κ1) is 4.57. The predicted octanol–water partition coefficient (Wildman–Crippen LogP) is 0.638. The van der Waals surface area contributed by atoms with Crippen LogP contribution in [0.15, 0.2) is 12.7 Å². The molecule has 0 aromatic heterocycles. The van der Waals surface area contributed by atoms with Gasteiger partial charge in [0.15, 0.2) is 0 Å². The van der Waals surface area contributed by atoms with Crippen molar-refractivity contribution in [3.8, 4) is 0 Å². The largest absolute Gasteiger partial charge is 0.316 e. The van der Waals surface area contributed by atoms with Crippen LogP contribution in [0.25, 0.3) is 0 Å². The number of nitrogens with one attached hydrogen (secondary N) is 1. The zero-order valence-corrected chi connectivity index (χ0v) is 4.93. The predicted molar refractivity (Wildman–Crippen MR) is 33.5 cm³/mol. The van der Waals surface area contributed by atoms with Crippen molar-refractivity contribution in [3.63, 3.8) is 0 Å². The van der Waals surface area contributed by atoms with Crippen molar-refractivity contribution >= 4 is 0 Å². The third-order valence-electron chi connectivity index (χ3n) is 2.43. The summed E-state index contributed by atoms with van der Waals surface area (Å²) in [5, 5.41) is 3.34. The minimum atomic E-state index is 0.872. The summed E-state index contributed by atoms with van der Waals surface area (Å²) in [6, 6.07) is 0. The van der Waals surface area contributed by atoms with Crippen molar-refractivity contribution < 1.29 is 0 Å². The van der Waals surface area contributed by atoms with Gasteiger partial charge < -0.3 is 5.32 Å². The summed E-state index contributed by atoms with van der Waals surface area (Å²) in [5.41, 5.74) is 0. The van der Waals surface area contributed by atoms with Crippen LogP contribution in [0.4, 0.5) is 0 Å². The maximum Gasteiger partial charge on any atom is -0.00113 e. The lowest BCUT2D eigenvalue weighted by Gasteiger charge is -1.95. The summed E-state index contributed by atoms with van der Waals surface area (Å²) >= 11 is 0. The van der Waals surface area contributed by atoms with Gasteiger partial charge >= 0.3 is 0 Å². The molecule has 1 saturated heterocycles. The molecule has 1 heteroatoms. The summed E-state index contributed by atoms with van der Waals surface area (Å²) in [5.74, 6) is 2.80. The van der Waals surface area contributed by atoms with Crippen LogP contribution in [-0.2, 0) is 0 Å². The van der Waals surface area contributed by atoms with Gasteiger partial charge in [-0.2, -0.15) is 0 Å². The Hall–Kier alpha value is -0.300. The Morgan fingerprint density at radius 1 is 1.38 bits per heavy atom. The van der Waals surface area contributed by atoms with Gasteiger partial charge in [0, 0.05) is 0 Å². The molecule has 2 rings (SSSR count). The molecule has 0 amide bonds. The normalized spacial score (nSPS) is 50.8. The smallest absolute Gasteiger partial charge is 0.00113 e. The lowest BCUT2D eigenvalue weighted by atomic mass is 10.3. The maximum absolute atomic E-state index is 3.78. The molecular weight excluding hydrogens is 98.1 g/mol. The number of fused-ring (bicyclic) bond motifs is 1. The van der Waals surface area contributed by atoms with Crippen molar-refractivity contribution in [1.82, 2.24) is 5.32 Å². The van der Waals surface area contributed by atoms with Crippen LogP contribution >= 0.6 is 0 Å². The number of rotatable bonds is 1. The lowest BCUT2D eigenvalue weighted by Crippen LogP contribution is -2.13. The maximum atomic E-state index is 3.78. The highest BCUT2D eigenvalue weighted by atomic mass is 15.0. The second kappa shape index (κ2) is 1.35. The van der Waals surface area contributed by atoms with E-state index in [1.165, 1.54) is 13.1 Å². The third-order valence-corrected chi connectivity index (χ3v) is 2.43. The minimum absolute atomic E-state index is 0.872. The summed E-state index contributed by atoms with van der Waals surface area (Å²) in [6.45, 7) is 6.25. The van der Waals surface area contributed by atoms with Crippen molar-refractivity contribution in [2.24, 2.45) is 17.8 Å². The fourth-order valence-electron chi connectivity index (χ4n) is 1.82. The molecule has 1 heterocycles. The van der Waals surface area contributed by atoms with E-state index in [2.05, 4.69) is 18.0 Å². The van der Waals surface area contributed by atoms with Crippen LogP contribution < -0.4 is 5.32 Å². The van der Waals surface area contributed by atoms with E-state index in [0.29, 0.717) is 0 Å². The number of piperidine rings is 1. The Bertz CT molecular complexity index is 110. The highest BCUT2D eigenvalue weighted by Gasteiger charge is 2.50. The topological polar surface area (TPSA) is 12.0 Å². The number of allylic oxidation sites excluding steroid dienone is 1. The van der Waals surface area contributed by atoms with E-state index in [0.717, 1.165) is 17.8 Å². The van der Waals surface area contributed by atoms with Crippen LogP contribution in [0.5, 0.6) is 0 Å². The van der Waals surface area contributed by atoms with Gasteiger partial charge in [-0.05, 0) is 30.8 Å². The monoisotopic (exact) mass is 109 g/mol. The summed E-state index contributed by atoms with van der Waals surface area (Å²) in [7, 11) is 0. The Morgan fingerprint density at radius 3 is 2.38 bits per heavy atom. The molecule has 1 N–H and O–H groups in total. The highest BCUT2D eigenvalue weighted by molar-refractivity contribution is 5.10. The Kier molecular flexibility index (Phi) is 0.770. The molecule has 8 heavy (non-hydrogen) atoms. The van der Waals surface area contributed by atoms with Gasteiger partial charge in [-0.1, -0.05) is 6.08 Å². The number of hydrogen-bond donors (Lipinski definition) is 1. The molecule has 0 aromatic rings. The molecule has 2 fully saturated rings. The number of hydrogen-bond acceptors (Lipinski definition) is 1. The zero-order valence-electron chi connectivity index (χ0n) is 4.93. The summed E-state index contributed by atoms with van der Waals surface area (Å²) in [6.07, 6.45) is 2.11. The van der Waals surface area contributed by atoms with Crippen LogP contribution in [0, 0.1) is 17.8 Å². The van der Waals surface area contributed by atoms with E-state index in [9.17, 15) is 0 Å². The molecule has 0 unspecified atom stereocenters. The average Bonchev–Trinajstić information content (AvgIpc) is 2.22. The van der Waals surface area contributed by atoms with Gasteiger partial charge in [-0.25, -0.2) is 0 Å². The van der Waals surface area contributed by atoms with Crippen LogP contribution in [0.3, 0.4) is 0 Å². The zero-order chi connectivity index (χ0) is 5.56. The molecule has 3 atom stereocenters. The van der Waals surface area contributed by atoms with E-state index < -0.39 is 0 Å². The molecule has 0 aromatic carbocycles. The van der Waals surface area contributed by atoms with Gasteiger partial charge in [0.1, 0.15) is 0 Å². The fraction of sp³-hybridized carbons (Fsp3) is 0.714. The van der Waals surface area contributed by atoms with Crippen molar-refractivity contribution in [1.29, 1.82) is 0 Å². The van der Waals surface area contributed by atoms with E-state index in [1.54, 1.807) is 0 Å². The van der Waals surface area contributed by atoms with E-state index in [-0.39, 0.29) is 0 Å². The van der Waals surface area contributed by atoms with E-state index in [1.807, 2.05) is 0 Å². The van der Waals surface area contributed by atoms with E-state index >= 15 is 0 Å². The van der Waals surface area contributed by atoms with E-state index in [4.69, 9.17) is 0 Å². The van der Waals surface area contributed by atoms with Gasteiger partial charge in [0.25, 0.3) is 0 Å². The first-order chi connectivity index (χ1) is 3.93. The van der Waals surface area contributed by atoms with Crippen molar-refractivity contribution in [2.75, 3.05) is 13.1 Å². The third kappa shape index (κ3) is 0.402. The molecule has 1 saturated carbocycles. The van der Waals surface area contributed by atoms with Crippen LogP contribution in [0.2, 0.25) is 0 Å². The quantitative estimate of drug-likeness (QED) is 0.487. The minimum Gasteiger partial charge on any atom is -0.316 e. The van der Waals surface area contributed by atoms with Crippen LogP contribution in [0.1, 0.15) is 0 Å². The molecule has 1 aliphatic heterocycles. The Labute approximate surface area is 49.8 Å². The summed E-state index contributed by atoms with van der Waals surface area (Å²) < 4.78 is 0. The average molecular weight is 109 g/mol. The van der Waals surface area contributed by atoms with Crippen molar-refractivity contribution in [3.05, 3.63) is 12.7 Å². The standard InChI is InChI=1S/C7H11N/c1-2-5-6-3-8-4-7(5)6/h2,5-8H,1,3-4H2/t5-,6-,7+. The highest BCUT2D eigenvalue weighted by Crippen LogP contribution is 2.48. The molecular formula is C7H11N. The van der Waals surface area contributed by atoms with Crippen LogP contribution in [-0.4, -0.2) is 13.1 Å². The SMILES string of the molecule is C=C[C@@H]1[C@H]2CNC[C@@H]12. The Morgan fingerprint density at radius 2 is 2.00 bits per heavy atom. The lowest BCUT2D eigenvalue weighted by molar-refractivity contribution is 0.670. The Balaban J connectivity index is 2.03. The second-order valence-electron chi connectivity index (χ2n) is 2.80. The molecule has 1 nitrogen and oxygen atoms in total. The van der Waals surface area contributed by atoms with Gasteiger partial charge in [-0.3, -0.25) is 0 Å². The van der Waals surface area contributed by atoms with Gasteiger partial charge in [0.05, 0.1) is 0 Å². The molecule has 0 radical (unpaired) electrons. The molecule has 0 spiro atoms. The molecule has 0 bridgehead atoms. The second-order valence-corrected chi connectivity index (χ2v) is 2.80. The first-order valence-electron chi connectivity index (χ1n) is 3.27. The van der Waals surface area contributed by atoms with Crippen molar-refractivity contribution in [2.45, 2.75) is 0 Å². The van der Waals surface area contributed by atoms with Gasteiger partial charge in [-0.15, -0.1) is 6.58 Å². The first-order valence-corrected chi connectivity index (χ1v) is 3.27. The fourth-order valence-corrected chi connectivity index (χ4v) is 1.82. The molecule has 44 valence electrons. The summed E-state index contributed by atoms with van der Waals surface area (Å²) in [4.78, 5) is 0. The molecule has 1 aliphatic carbocycles.